The first kappa shape index (κ1) is 18.3. The summed E-state index contributed by atoms with van der Waals surface area (Å²) in [5, 5.41) is 26.0. The Kier molecular flexibility index (Phi) is 5.01. The molecule has 0 bridgehead atoms. The molecule has 0 radical (unpaired) electrons. The molecule has 0 saturated heterocycles. The molecule has 0 saturated carbocycles. The summed E-state index contributed by atoms with van der Waals surface area (Å²) < 4.78 is 4.96. The maximum absolute atomic E-state index is 11.0. The SMILES string of the molecule is N#C/C(=C\c1ccc(-c2nonc2-c2ccc(-c3ccccc3)cc2)s1)C(=O)O. The number of nitrogens with zero attached hydrogens (tertiary/aromatic N) is 3. The van der Waals surface area contributed by atoms with Crippen LogP contribution in [0.25, 0.3) is 39.0 Å². The molecule has 7 heteroatoms. The molecule has 0 amide bonds. The highest BCUT2D eigenvalue weighted by atomic mass is 32.1. The third-order valence-electron chi connectivity index (χ3n) is 4.25. The number of rotatable bonds is 5. The largest absolute Gasteiger partial charge is 0.477 e. The zero-order valence-corrected chi connectivity index (χ0v) is 15.8. The number of nitriles is 1. The number of benzene rings is 2. The van der Waals surface area contributed by atoms with Crippen molar-refractivity contribution in [1.82, 2.24) is 10.3 Å². The Morgan fingerprint density at radius 2 is 1.59 bits per heavy atom. The van der Waals surface area contributed by atoms with Gasteiger partial charge in [0, 0.05) is 10.4 Å². The molecule has 6 nitrogen and oxygen atoms in total. The number of aliphatic carboxylic acids is 1. The molecule has 2 aromatic carbocycles. The lowest BCUT2D eigenvalue weighted by atomic mass is 10.0. The van der Waals surface area contributed by atoms with Crippen molar-refractivity contribution in [1.29, 1.82) is 5.26 Å². The average molecular weight is 399 g/mol. The van der Waals surface area contributed by atoms with Gasteiger partial charge in [0.05, 0.1) is 4.88 Å². The van der Waals surface area contributed by atoms with Crippen LogP contribution in [0.2, 0.25) is 0 Å². The van der Waals surface area contributed by atoms with Crippen molar-refractivity contribution >= 4 is 23.4 Å². The van der Waals surface area contributed by atoms with Gasteiger partial charge in [-0.1, -0.05) is 54.6 Å². The zero-order valence-electron chi connectivity index (χ0n) is 14.9. The van der Waals surface area contributed by atoms with Gasteiger partial charge in [0.2, 0.25) is 0 Å². The van der Waals surface area contributed by atoms with E-state index in [1.807, 2.05) is 54.6 Å². The van der Waals surface area contributed by atoms with Crippen LogP contribution < -0.4 is 0 Å². The molecule has 0 aliphatic heterocycles. The van der Waals surface area contributed by atoms with Crippen molar-refractivity contribution < 1.29 is 14.5 Å². The summed E-state index contributed by atoms with van der Waals surface area (Å²) in [6.45, 7) is 0. The van der Waals surface area contributed by atoms with Crippen molar-refractivity contribution in [3.63, 3.8) is 0 Å². The predicted molar refractivity (Wildman–Crippen MR) is 110 cm³/mol. The molecule has 4 rings (SSSR count). The minimum absolute atomic E-state index is 0.326. The van der Waals surface area contributed by atoms with Gasteiger partial charge in [0.1, 0.15) is 17.3 Å². The molecule has 0 atom stereocenters. The Morgan fingerprint density at radius 1 is 0.931 bits per heavy atom. The van der Waals surface area contributed by atoms with Crippen molar-refractivity contribution in [3.8, 4) is 39.0 Å². The molecular formula is C22H13N3O3S. The summed E-state index contributed by atoms with van der Waals surface area (Å²) in [5.74, 6) is -1.26. The third-order valence-corrected chi connectivity index (χ3v) is 5.29. The van der Waals surface area contributed by atoms with E-state index in [0.29, 0.717) is 16.3 Å². The third kappa shape index (κ3) is 3.83. The van der Waals surface area contributed by atoms with E-state index in [-0.39, 0.29) is 5.57 Å². The first-order valence-corrected chi connectivity index (χ1v) is 9.41. The molecule has 0 spiro atoms. The molecule has 1 N–H and O–H groups in total. The molecule has 2 aromatic heterocycles. The summed E-state index contributed by atoms with van der Waals surface area (Å²) in [4.78, 5) is 12.4. The zero-order chi connectivity index (χ0) is 20.2. The first-order chi connectivity index (χ1) is 14.2. The van der Waals surface area contributed by atoms with Crippen LogP contribution >= 0.6 is 11.3 Å². The average Bonchev–Trinajstić information content (AvgIpc) is 3.42. The van der Waals surface area contributed by atoms with Gasteiger partial charge in [-0.25, -0.2) is 9.42 Å². The highest BCUT2D eigenvalue weighted by Gasteiger charge is 2.17. The number of hydrogen-bond donors (Lipinski definition) is 1. The summed E-state index contributed by atoms with van der Waals surface area (Å²) in [6, 6.07) is 23.2. The number of thiophene rings is 1. The van der Waals surface area contributed by atoms with Crippen LogP contribution in [0.5, 0.6) is 0 Å². The molecule has 2 heterocycles. The molecule has 0 aliphatic carbocycles. The van der Waals surface area contributed by atoms with Crippen molar-refractivity contribution in [3.05, 3.63) is 77.2 Å². The van der Waals surface area contributed by atoms with Gasteiger partial charge in [0.25, 0.3) is 0 Å². The lowest BCUT2D eigenvalue weighted by Gasteiger charge is -2.03. The molecule has 140 valence electrons. The molecule has 0 unspecified atom stereocenters. The quantitative estimate of drug-likeness (QED) is 0.369. The normalized spacial score (nSPS) is 11.2. The lowest BCUT2D eigenvalue weighted by Crippen LogP contribution is -1.96. The summed E-state index contributed by atoms with van der Waals surface area (Å²) in [7, 11) is 0. The van der Waals surface area contributed by atoms with Crippen molar-refractivity contribution in [2.24, 2.45) is 0 Å². The Balaban J connectivity index is 1.65. The van der Waals surface area contributed by atoms with Crippen molar-refractivity contribution in [2.75, 3.05) is 0 Å². The van der Waals surface area contributed by atoms with Gasteiger partial charge in [-0.15, -0.1) is 11.3 Å². The molecular weight excluding hydrogens is 386 g/mol. The molecule has 0 aliphatic rings. The topological polar surface area (TPSA) is 100 Å². The minimum atomic E-state index is -1.26. The fourth-order valence-corrected chi connectivity index (χ4v) is 3.77. The number of carbonyl (C=O) groups is 1. The number of carboxylic acids is 1. The van der Waals surface area contributed by atoms with E-state index in [1.165, 1.54) is 17.4 Å². The van der Waals surface area contributed by atoms with Gasteiger partial charge in [-0.2, -0.15) is 5.26 Å². The van der Waals surface area contributed by atoms with Crippen LogP contribution in [0, 0.1) is 11.3 Å². The maximum atomic E-state index is 11.0. The van der Waals surface area contributed by atoms with Gasteiger partial charge < -0.3 is 5.11 Å². The fourth-order valence-electron chi connectivity index (χ4n) is 2.83. The van der Waals surface area contributed by atoms with E-state index < -0.39 is 5.97 Å². The summed E-state index contributed by atoms with van der Waals surface area (Å²) in [5.41, 5.74) is 3.91. The van der Waals surface area contributed by atoms with Gasteiger partial charge >= 0.3 is 5.97 Å². The lowest BCUT2D eigenvalue weighted by molar-refractivity contribution is -0.132. The Morgan fingerprint density at radius 3 is 2.28 bits per heavy atom. The van der Waals surface area contributed by atoms with Gasteiger partial charge in [0.15, 0.2) is 5.69 Å². The van der Waals surface area contributed by atoms with Crippen LogP contribution in [0.4, 0.5) is 0 Å². The monoisotopic (exact) mass is 399 g/mol. The molecule has 29 heavy (non-hydrogen) atoms. The second-order valence-corrected chi connectivity index (χ2v) is 7.20. The second-order valence-electron chi connectivity index (χ2n) is 6.08. The Bertz CT molecular complexity index is 1230. The Hall–Kier alpha value is -4.02. The number of aromatic nitrogens is 2. The van der Waals surface area contributed by atoms with E-state index in [2.05, 4.69) is 10.3 Å². The summed E-state index contributed by atoms with van der Waals surface area (Å²) in [6.07, 6.45) is 1.33. The van der Waals surface area contributed by atoms with E-state index >= 15 is 0 Å². The van der Waals surface area contributed by atoms with E-state index in [0.717, 1.165) is 21.6 Å². The van der Waals surface area contributed by atoms with Gasteiger partial charge in [-0.05, 0) is 39.6 Å². The van der Waals surface area contributed by atoms with E-state index in [9.17, 15) is 4.79 Å². The summed E-state index contributed by atoms with van der Waals surface area (Å²) >= 11 is 1.31. The first-order valence-electron chi connectivity index (χ1n) is 8.59. The number of hydrogen-bond acceptors (Lipinski definition) is 6. The van der Waals surface area contributed by atoms with Crippen molar-refractivity contribution in [2.45, 2.75) is 0 Å². The fraction of sp³-hybridized carbons (Fsp3) is 0. The van der Waals surface area contributed by atoms with Crippen LogP contribution in [0.3, 0.4) is 0 Å². The van der Waals surface area contributed by atoms with Crippen LogP contribution in [0.1, 0.15) is 4.88 Å². The minimum Gasteiger partial charge on any atom is -0.477 e. The predicted octanol–water partition coefficient (Wildman–Crippen LogP) is 5.12. The number of carboxylic acid groups (broad SMARTS) is 1. The highest BCUT2D eigenvalue weighted by molar-refractivity contribution is 7.16. The van der Waals surface area contributed by atoms with Crippen LogP contribution in [0.15, 0.2) is 76.9 Å². The molecule has 4 aromatic rings. The maximum Gasteiger partial charge on any atom is 0.346 e. The highest BCUT2D eigenvalue weighted by Crippen LogP contribution is 2.35. The second kappa shape index (κ2) is 7.92. The smallest absolute Gasteiger partial charge is 0.346 e. The van der Waals surface area contributed by atoms with Crippen LogP contribution in [-0.4, -0.2) is 21.4 Å². The Labute approximate surface area is 169 Å². The van der Waals surface area contributed by atoms with E-state index in [4.69, 9.17) is 15.0 Å². The van der Waals surface area contributed by atoms with E-state index in [1.54, 1.807) is 18.2 Å². The molecule has 0 fully saturated rings. The van der Waals surface area contributed by atoms with Gasteiger partial charge in [-0.3, -0.25) is 0 Å². The van der Waals surface area contributed by atoms with Crippen LogP contribution in [-0.2, 0) is 4.79 Å². The standard InChI is InChI=1S/C22H13N3O3S/c23-13-17(22(26)27)12-18-10-11-19(29-18)21-20(24-28-25-21)16-8-6-15(7-9-16)14-4-2-1-3-5-14/h1-12H,(H,26,27)/b17-12+.